The molecule has 3 aliphatic rings. The number of carbonyl (C=O) groups excluding carboxylic acids is 4. The Hall–Kier alpha value is -5.92. The molecule has 0 unspecified atom stereocenters. The van der Waals surface area contributed by atoms with Gasteiger partial charge in [0.2, 0.25) is 23.6 Å². The molecule has 0 spiro atoms. The number of amides is 4. The van der Waals surface area contributed by atoms with E-state index in [4.69, 9.17) is 13.9 Å². The van der Waals surface area contributed by atoms with E-state index in [0.29, 0.717) is 52.0 Å². The third-order valence-electron chi connectivity index (χ3n) is 8.53. The van der Waals surface area contributed by atoms with Gasteiger partial charge in [0.25, 0.3) is 5.91 Å². The van der Waals surface area contributed by atoms with Gasteiger partial charge in [-0.25, -0.2) is 4.98 Å². The maximum Gasteiger partial charge on any atom is 0.251 e. The minimum absolute atomic E-state index is 0.0149. The molecule has 49 heavy (non-hydrogen) atoms. The third kappa shape index (κ3) is 7.32. The van der Waals surface area contributed by atoms with Crippen molar-refractivity contribution < 1.29 is 38.2 Å². The van der Waals surface area contributed by atoms with Crippen LogP contribution in [0, 0.1) is 6.92 Å². The maximum atomic E-state index is 13.7. The van der Waals surface area contributed by atoms with Crippen LogP contribution in [0.3, 0.4) is 0 Å². The maximum absolute atomic E-state index is 13.7. The van der Waals surface area contributed by atoms with Crippen LogP contribution in [0.1, 0.15) is 47.1 Å². The Morgan fingerprint density at radius 2 is 1.86 bits per heavy atom. The van der Waals surface area contributed by atoms with Gasteiger partial charge in [-0.15, -0.1) is 0 Å². The average Bonchev–Trinajstić information content (AvgIpc) is 3.70. The summed E-state index contributed by atoms with van der Waals surface area (Å²) >= 11 is 0. The molecule has 254 valence electrons. The van der Waals surface area contributed by atoms with Crippen LogP contribution in [-0.2, 0) is 27.3 Å². The molecule has 3 aliphatic heterocycles. The van der Waals surface area contributed by atoms with E-state index in [9.17, 15) is 24.3 Å². The fourth-order valence-electron chi connectivity index (χ4n) is 5.89. The number of aromatic nitrogens is 2. The number of oxazole rings is 1. The number of carbonyl (C=O) groups is 4. The molecule has 4 N–H and O–H groups in total. The van der Waals surface area contributed by atoms with Crippen LogP contribution in [-0.4, -0.2) is 75.4 Å². The molecule has 4 amide bonds. The molecule has 5 heterocycles. The van der Waals surface area contributed by atoms with Gasteiger partial charge < -0.3 is 39.8 Å². The minimum atomic E-state index is -0.954. The molecule has 1 fully saturated rings. The molecule has 0 aliphatic carbocycles. The zero-order valence-electron chi connectivity index (χ0n) is 27.2. The van der Waals surface area contributed by atoms with Crippen LogP contribution < -0.4 is 25.4 Å². The summed E-state index contributed by atoms with van der Waals surface area (Å²) in [4.78, 5) is 63.2. The van der Waals surface area contributed by atoms with Crippen LogP contribution in [0.2, 0.25) is 0 Å². The summed E-state index contributed by atoms with van der Waals surface area (Å²) in [5, 5.41) is 19.0. The minimum Gasteiger partial charge on any atom is -0.504 e. The molecule has 0 radical (unpaired) electrons. The molecule has 2 aromatic carbocycles. The van der Waals surface area contributed by atoms with Gasteiger partial charge in [-0.05, 0) is 74.7 Å². The van der Waals surface area contributed by atoms with E-state index in [2.05, 4.69) is 25.9 Å². The Kier molecular flexibility index (Phi) is 9.47. The number of aromatic hydroxyl groups is 1. The van der Waals surface area contributed by atoms with E-state index < -0.39 is 29.9 Å². The fourth-order valence-corrected chi connectivity index (χ4v) is 5.89. The van der Waals surface area contributed by atoms with Crippen LogP contribution in [0.4, 0.5) is 0 Å². The predicted octanol–water partition coefficient (Wildman–Crippen LogP) is 3.02. The Morgan fingerprint density at radius 1 is 1.06 bits per heavy atom. The van der Waals surface area contributed by atoms with Crippen molar-refractivity contribution >= 4 is 23.6 Å². The number of benzene rings is 2. The molecular weight excluding hydrogens is 632 g/mol. The number of phenols is 1. The van der Waals surface area contributed by atoms with E-state index in [1.807, 2.05) is 0 Å². The number of hydrogen-bond acceptors (Lipinski definition) is 10. The highest BCUT2D eigenvalue weighted by molar-refractivity contribution is 5.95. The Bertz CT molecular complexity index is 1890. The highest BCUT2D eigenvalue weighted by atomic mass is 16.5. The van der Waals surface area contributed by atoms with Crippen LogP contribution in [0.15, 0.2) is 65.3 Å². The first-order chi connectivity index (χ1) is 23.6. The van der Waals surface area contributed by atoms with Gasteiger partial charge in [0.1, 0.15) is 23.5 Å². The van der Waals surface area contributed by atoms with Gasteiger partial charge in [0.05, 0.1) is 13.7 Å². The first kappa shape index (κ1) is 33.0. The average molecular weight is 669 g/mol. The van der Waals surface area contributed by atoms with Gasteiger partial charge in [0.15, 0.2) is 23.0 Å². The summed E-state index contributed by atoms with van der Waals surface area (Å²) in [6.07, 6.45) is 3.51. The van der Waals surface area contributed by atoms with Gasteiger partial charge >= 0.3 is 0 Å². The normalized spacial score (nSPS) is 19.9. The topological polar surface area (TPSA) is 185 Å². The van der Waals surface area contributed by atoms with Gasteiger partial charge in [-0.2, -0.15) is 0 Å². The van der Waals surface area contributed by atoms with Gasteiger partial charge in [-0.1, -0.05) is 6.07 Å². The number of methoxy groups -OCH3 is 1. The van der Waals surface area contributed by atoms with E-state index >= 15 is 0 Å². The first-order valence-corrected chi connectivity index (χ1v) is 15.8. The first-order valence-electron chi connectivity index (χ1n) is 15.8. The zero-order valence-corrected chi connectivity index (χ0v) is 27.2. The fraction of sp³-hybridized carbons (Fsp3) is 0.314. The summed E-state index contributed by atoms with van der Waals surface area (Å²) in [7, 11) is 1.49. The molecule has 0 saturated carbocycles. The second-order valence-electron chi connectivity index (χ2n) is 11.9. The summed E-state index contributed by atoms with van der Waals surface area (Å²) in [5.74, 6) is -0.104. The quantitative estimate of drug-likeness (QED) is 0.253. The van der Waals surface area contributed by atoms with Crippen molar-refractivity contribution in [2.75, 3.05) is 13.7 Å². The summed E-state index contributed by atoms with van der Waals surface area (Å²) in [5.41, 5.74) is 2.18. The predicted molar refractivity (Wildman–Crippen MR) is 175 cm³/mol. The number of nitrogens with zero attached hydrogens (tertiary/aromatic N) is 3. The number of phenolic OH excluding ortho intramolecular Hbond substituents is 1. The monoisotopic (exact) mass is 668 g/mol. The zero-order chi connectivity index (χ0) is 34.7. The molecule has 1 saturated heterocycles. The van der Waals surface area contributed by atoms with Crippen molar-refractivity contribution in [1.82, 2.24) is 30.8 Å². The summed E-state index contributed by atoms with van der Waals surface area (Å²) in [6.45, 7) is 3.36. The molecule has 14 nitrogen and oxygen atoms in total. The Labute approximate surface area is 281 Å². The number of rotatable bonds is 3. The number of ether oxygens (including phenoxy) is 2. The van der Waals surface area contributed by atoms with Crippen LogP contribution in [0.25, 0.3) is 11.5 Å². The SMILES string of the molecule is COc1cc2ccc1Oc1cc(ccc1O)CCC(=O)N[C@H](C)C(=O)N1C[C@@H](NC(=O)c3ccncc3)C[C@H]1C(=O)NCc1nc-2oc1C. The summed E-state index contributed by atoms with van der Waals surface area (Å²) in [6, 6.07) is 10.6. The van der Waals surface area contributed by atoms with Crippen molar-refractivity contribution in [1.29, 1.82) is 0 Å². The lowest BCUT2D eigenvalue weighted by molar-refractivity contribution is -0.141. The van der Waals surface area contributed by atoms with Crippen molar-refractivity contribution in [2.45, 2.75) is 57.8 Å². The Balaban J connectivity index is 1.30. The second-order valence-corrected chi connectivity index (χ2v) is 11.9. The number of fused-ring (bicyclic) bond motifs is 9. The van der Waals surface area contributed by atoms with E-state index in [1.54, 1.807) is 56.3 Å². The lowest BCUT2D eigenvalue weighted by Gasteiger charge is -2.27. The molecule has 3 atom stereocenters. The smallest absolute Gasteiger partial charge is 0.251 e. The highest BCUT2D eigenvalue weighted by Gasteiger charge is 2.41. The highest BCUT2D eigenvalue weighted by Crippen LogP contribution is 2.39. The van der Waals surface area contributed by atoms with E-state index in [1.165, 1.54) is 30.5 Å². The number of nitrogens with one attached hydrogen (secondary N) is 3. The second kappa shape index (κ2) is 14.1. The van der Waals surface area contributed by atoms with Crippen molar-refractivity contribution in [2.24, 2.45) is 0 Å². The van der Waals surface area contributed by atoms with Crippen molar-refractivity contribution in [3.05, 3.63) is 83.5 Å². The molecule has 14 heteroatoms. The van der Waals surface area contributed by atoms with Crippen LogP contribution >= 0.6 is 0 Å². The largest absolute Gasteiger partial charge is 0.504 e. The molecule has 2 aromatic heterocycles. The number of pyridine rings is 1. The van der Waals surface area contributed by atoms with E-state index in [0.717, 1.165) is 0 Å². The van der Waals surface area contributed by atoms with Gasteiger partial charge in [-0.3, -0.25) is 24.2 Å². The molecular formula is C35H36N6O8. The van der Waals surface area contributed by atoms with Crippen LogP contribution in [0.5, 0.6) is 23.0 Å². The molecule has 6 bridgehead atoms. The van der Waals surface area contributed by atoms with Crippen molar-refractivity contribution in [3.63, 3.8) is 0 Å². The number of aryl methyl sites for hydroxylation is 2. The van der Waals surface area contributed by atoms with Gasteiger partial charge in [0, 0.05) is 42.5 Å². The lowest BCUT2D eigenvalue weighted by Crippen LogP contribution is -2.52. The summed E-state index contributed by atoms with van der Waals surface area (Å²) < 4.78 is 17.5. The molecule has 7 rings (SSSR count). The lowest BCUT2D eigenvalue weighted by atomic mass is 10.1. The third-order valence-corrected chi connectivity index (χ3v) is 8.53. The van der Waals surface area contributed by atoms with E-state index in [-0.39, 0.29) is 49.2 Å². The standard InChI is InChI=1S/C35H36N6O8/c1-19-35(46)41-18-24(39-32(44)22-10-12-36-13-11-22)16-26(41)33(45)37-17-25-20(2)48-34(40-25)23-6-8-28(30(15-23)47-3)49-29-14-21(4-7-27(29)42)5-9-31(43)38-19/h4,6-8,10-15,19,24,26,42H,5,9,16-18H2,1-3H3,(H,37,45)(H,38,43)(H,39,44)/t19-,24+,26+/m1/s1. The number of hydrogen-bond donors (Lipinski definition) is 4. The molecule has 4 aromatic rings. The Morgan fingerprint density at radius 3 is 2.63 bits per heavy atom. The van der Waals surface area contributed by atoms with Crippen molar-refractivity contribution in [3.8, 4) is 34.5 Å².